The van der Waals surface area contributed by atoms with Gasteiger partial charge in [0.25, 0.3) is 0 Å². The quantitative estimate of drug-likeness (QED) is 0.751. The molecule has 24 heavy (non-hydrogen) atoms. The lowest BCUT2D eigenvalue weighted by Crippen LogP contribution is -2.56. The molecule has 1 aliphatic rings. The number of carbonyl (C=O) groups excluding carboxylic acids is 2. The van der Waals surface area contributed by atoms with Gasteiger partial charge in [-0.2, -0.15) is 0 Å². The maximum Gasteiger partial charge on any atom is 0.245 e. The Labute approximate surface area is 162 Å². The number of aromatic nitrogens is 1. The maximum absolute atomic E-state index is 12.5. The Morgan fingerprint density at radius 2 is 1.92 bits per heavy atom. The van der Waals surface area contributed by atoms with Crippen LogP contribution in [0.2, 0.25) is 0 Å². The summed E-state index contributed by atoms with van der Waals surface area (Å²) in [6.07, 6.45) is 6.02. The summed E-state index contributed by atoms with van der Waals surface area (Å²) >= 11 is 3.28. The number of halogens is 3. The van der Waals surface area contributed by atoms with Crippen molar-refractivity contribution in [2.75, 3.05) is 18.9 Å². The fourth-order valence-electron chi connectivity index (χ4n) is 2.70. The van der Waals surface area contributed by atoms with E-state index in [-0.39, 0.29) is 43.2 Å². The minimum atomic E-state index is -0.816. The van der Waals surface area contributed by atoms with Gasteiger partial charge in [-0.25, -0.2) is 4.98 Å². The number of hydrogen-bond acceptors (Lipinski definition) is 4. The van der Waals surface area contributed by atoms with Gasteiger partial charge in [0.05, 0.1) is 12.1 Å². The highest BCUT2D eigenvalue weighted by molar-refractivity contribution is 9.10. The van der Waals surface area contributed by atoms with E-state index in [1.54, 1.807) is 25.4 Å². The summed E-state index contributed by atoms with van der Waals surface area (Å²) in [5.41, 5.74) is 5.39. The van der Waals surface area contributed by atoms with Gasteiger partial charge >= 0.3 is 0 Å². The zero-order valence-electron chi connectivity index (χ0n) is 13.5. The van der Waals surface area contributed by atoms with Gasteiger partial charge in [-0.15, -0.1) is 24.8 Å². The number of nitrogens with zero attached hydrogens (tertiary/aromatic N) is 2. The lowest BCUT2D eigenvalue weighted by molar-refractivity contribution is -0.139. The van der Waals surface area contributed by atoms with E-state index in [9.17, 15) is 9.59 Å². The lowest BCUT2D eigenvalue weighted by atomic mass is 9.81. The highest BCUT2D eigenvalue weighted by atomic mass is 79.9. The minimum absolute atomic E-state index is 0. The average Bonchev–Trinajstić information content (AvgIpc) is 2.49. The molecule has 0 saturated heterocycles. The molecule has 3 N–H and O–H groups in total. The average molecular weight is 442 g/mol. The third kappa shape index (κ3) is 6.20. The molecule has 0 bridgehead atoms. The normalized spacial score (nSPS) is 15.5. The topological polar surface area (TPSA) is 88.3 Å². The standard InChI is InChI=1S/C15H21BrN4O2.2ClH/c1-20(14(22)15(17)7-3-2-4-8-15)10-13(21)19-12-6-5-11(16)9-18-12;;/h5-6,9H,2-4,7-8,10,17H2,1H3,(H,18,19,21);2*1H. The van der Waals surface area contributed by atoms with Gasteiger partial charge in [0, 0.05) is 17.7 Å². The Morgan fingerprint density at radius 3 is 2.46 bits per heavy atom. The van der Waals surface area contributed by atoms with E-state index < -0.39 is 5.54 Å². The molecule has 0 atom stereocenters. The molecule has 2 rings (SSSR count). The van der Waals surface area contributed by atoms with Crippen molar-refractivity contribution in [3.05, 3.63) is 22.8 Å². The highest BCUT2D eigenvalue weighted by Crippen LogP contribution is 2.27. The molecule has 1 aromatic rings. The predicted octanol–water partition coefficient (Wildman–Crippen LogP) is 2.75. The second-order valence-electron chi connectivity index (χ2n) is 5.79. The molecule has 2 amide bonds. The van der Waals surface area contributed by atoms with E-state index in [2.05, 4.69) is 26.2 Å². The summed E-state index contributed by atoms with van der Waals surface area (Å²) in [4.78, 5) is 29.9. The molecule has 1 fully saturated rings. The molecule has 1 aromatic heterocycles. The summed E-state index contributed by atoms with van der Waals surface area (Å²) < 4.78 is 0.833. The van der Waals surface area contributed by atoms with Crippen LogP contribution in [0, 0.1) is 0 Å². The Morgan fingerprint density at radius 1 is 1.29 bits per heavy atom. The first-order valence-corrected chi connectivity index (χ1v) is 8.16. The van der Waals surface area contributed by atoms with Crippen molar-refractivity contribution in [1.29, 1.82) is 0 Å². The number of rotatable bonds is 4. The second-order valence-corrected chi connectivity index (χ2v) is 6.70. The number of hydrogen-bond donors (Lipinski definition) is 2. The number of likely N-dealkylation sites (N-methyl/N-ethyl adjacent to an activating group) is 1. The van der Waals surface area contributed by atoms with Gasteiger partial charge in [-0.1, -0.05) is 19.3 Å². The highest BCUT2D eigenvalue weighted by Gasteiger charge is 2.37. The molecule has 0 aromatic carbocycles. The van der Waals surface area contributed by atoms with Crippen molar-refractivity contribution in [1.82, 2.24) is 9.88 Å². The largest absolute Gasteiger partial charge is 0.335 e. The summed E-state index contributed by atoms with van der Waals surface area (Å²) in [5, 5.41) is 2.66. The van der Waals surface area contributed by atoms with Crippen LogP contribution in [-0.2, 0) is 9.59 Å². The van der Waals surface area contributed by atoms with Crippen molar-refractivity contribution in [2.24, 2.45) is 5.73 Å². The van der Waals surface area contributed by atoms with E-state index in [1.165, 1.54) is 4.90 Å². The monoisotopic (exact) mass is 440 g/mol. The van der Waals surface area contributed by atoms with Crippen LogP contribution in [0.15, 0.2) is 22.8 Å². The number of carbonyl (C=O) groups is 2. The molecule has 0 aliphatic heterocycles. The molecule has 0 spiro atoms. The van der Waals surface area contributed by atoms with Crippen LogP contribution in [0.3, 0.4) is 0 Å². The third-order valence-electron chi connectivity index (χ3n) is 3.89. The minimum Gasteiger partial charge on any atom is -0.335 e. The van der Waals surface area contributed by atoms with Crippen LogP contribution >= 0.6 is 40.7 Å². The number of nitrogens with one attached hydrogen (secondary N) is 1. The second kappa shape index (κ2) is 10.2. The molecule has 9 heteroatoms. The Balaban J connectivity index is 0.00000264. The van der Waals surface area contributed by atoms with Crippen molar-refractivity contribution >= 4 is 58.4 Å². The molecular weight excluding hydrogens is 419 g/mol. The van der Waals surface area contributed by atoms with Gasteiger partial charge in [0.2, 0.25) is 11.8 Å². The number of amides is 2. The SMILES string of the molecule is CN(CC(=O)Nc1ccc(Br)cn1)C(=O)C1(N)CCCCC1.Cl.Cl. The van der Waals surface area contributed by atoms with Crippen LogP contribution in [0.25, 0.3) is 0 Å². The third-order valence-corrected chi connectivity index (χ3v) is 4.36. The van der Waals surface area contributed by atoms with Gasteiger partial charge in [0.1, 0.15) is 5.82 Å². The molecule has 136 valence electrons. The molecule has 0 radical (unpaired) electrons. The Kier molecular flexibility index (Phi) is 9.80. The van der Waals surface area contributed by atoms with Crippen molar-refractivity contribution < 1.29 is 9.59 Å². The fraction of sp³-hybridized carbons (Fsp3) is 0.533. The van der Waals surface area contributed by atoms with E-state index in [0.29, 0.717) is 18.7 Å². The van der Waals surface area contributed by atoms with E-state index in [0.717, 1.165) is 23.7 Å². The first kappa shape index (κ1) is 23.1. The van der Waals surface area contributed by atoms with Crippen molar-refractivity contribution in [2.45, 2.75) is 37.6 Å². The summed E-state index contributed by atoms with van der Waals surface area (Å²) in [7, 11) is 1.61. The summed E-state index contributed by atoms with van der Waals surface area (Å²) in [6, 6.07) is 3.48. The number of pyridine rings is 1. The molecule has 1 aliphatic carbocycles. The van der Waals surface area contributed by atoms with E-state index in [4.69, 9.17) is 5.73 Å². The first-order chi connectivity index (χ1) is 10.4. The Hall–Kier alpha value is -0.890. The Bertz CT molecular complexity index is 551. The summed E-state index contributed by atoms with van der Waals surface area (Å²) in [6.45, 7) is -0.0322. The predicted molar refractivity (Wildman–Crippen MR) is 103 cm³/mol. The van der Waals surface area contributed by atoms with Crippen molar-refractivity contribution in [3.63, 3.8) is 0 Å². The molecule has 1 heterocycles. The van der Waals surface area contributed by atoms with E-state index in [1.807, 2.05) is 0 Å². The first-order valence-electron chi connectivity index (χ1n) is 7.36. The molecule has 6 nitrogen and oxygen atoms in total. The van der Waals surface area contributed by atoms with Crippen LogP contribution in [0.1, 0.15) is 32.1 Å². The van der Waals surface area contributed by atoms with Crippen LogP contribution in [0.4, 0.5) is 5.82 Å². The zero-order chi connectivity index (χ0) is 16.2. The van der Waals surface area contributed by atoms with Crippen LogP contribution in [-0.4, -0.2) is 40.8 Å². The molecular formula is C15H23BrCl2N4O2. The van der Waals surface area contributed by atoms with Crippen LogP contribution < -0.4 is 11.1 Å². The molecule has 0 unspecified atom stereocenters. The van der Waals surface area contributed by atoms with Gasteiger partial charge in [0.15, 0.2) is 0 Å². The van der Waals surface area contributed by atoms with Crippen molar-refractivity contribution in [3.8, 4) is 0 Å². The van der Waals surface area contributed by atoms with Gasteiger partial charge in [-0.05, 0) is 40.9 Å². The number of anilines is 1. The van der Waals surface area contributed by atoms with Gasteiger partial charge in [-0.3, -0.25) is 9.59 Å². The smallest absolute Gasteiger partial charge is 0.245 e. The lowest BCUT2D eigenvalue weighted by Gasteiger charge is -2.35. The number of nitrogens with two attached hydrogens (primary N) is 1. The molecule has 1 saturated carbocycles. The summed E-state index contributed by atoms with van der Waals surface area (Å²) in [5.74, 6) is 0.00498. The maximum atomic E-state index is 12.5. The van der Waals surface area contributed by atoms with Gasteiger partial charge < -0.3 is 16.0 Å². The zero-order valence-corrected chi connectivity index (χ0v) is 16.7. The van der Waals surface area contributed by atoms with Crippen LogP contribution in [0.5, 0.6) is 0 Å². The van der Waals surface area contributed by atoms with E-state index >= 15 is 0 Å². The fourth-order valence-corrected chi connectivity index (χ4v) is 2.93.